The van der Waals surface area contributed by atoms with Gasteiger partial charge in [-0.1, -0.05) is 30.3 Å². The van der Waals surface area contributed by atoms with Gasteiger partial charge < -0.3 is 19.4 Å². The van der Waals surface area contributed by atoms with E-state index in [0.29, 0.717) is 50.3 Å². The summed E-state index contributed by atoms with van der Waals surface area (Å²) in [6, 6.07) is 15.6. The van der Waals surface area contributed by atoms with Crippen LogP contribution in [0.2, 0.25) is 0 Å². The second-order valence-corrected chi connectivity index (χ2v) is 11.8. The van der Waals surface area contributed by atoms with Gasteiger partial charge in [0.25, 0.3) is 11.4 Å². The zero-order valence-electron chi connectivity index (χ0n) is 21.6. The van der Waals surface area contributed by atoms with Crippen LogP contribution in [0.5, 0.6) is 5.75 Å². The first-order chi connectivity index (χ1) is 18.3. The van der Waals surface area contributed by atoms with Crippen molar-refractivity contribution >= 4 is 32.5 Å². The van der Waals surface area contributed by atoms with Gasteiger partial charge in [-0.25, -0.2) is 15.0 Å². The smallest absolute Gasteiger partial charge is 0.260 e. The number of fused-ring (bicyclic) bond motifs is 1. The van der Waals surface area contributed by atoms with Gasteiger partial charge in [-0.3, -0.25) is 9.78 Å². The monoisotopic (exact) mass is 533 g/mol. The Hall–Kier alpha value is -3.68. The van der Waals surface area contributed by atoms with Gasteiger partial charge in [0.15, 0.2) is 0 Å². The number of anilines is 1. The molecule has 0 aliphatic carbocycles. The molecule has 0 N–H and O–H groups in total. The average molecular weight is 534 g/mol. The Morgan fingerprint density at radius 1 is 1.03 bits per heavy atom. The van der Waals surface area contributed by atoms with E-state index < -0.39 is 15.6 Å². The average Bonchev–Trinajstić information content (AvgIpc) is 2.96. The predicted octanol–water partition coefficient (Wildman–Crippen LogP) is 3.38. The van der Waals surface area contributed by atoms with E-state index in [-0.39, 0.29) is 19.0 Å². The van der Waals surface area contributed by atoms with Crippen molar-refractivity contribution in [3.8, 4) is 5.75 Å². The maximum Gasteiger partial charge on any atom is 0.260 e. The van der Waals surface area contributed by atoms with Crippen LogP contribution in [0.25, 0.3) is 15.7 Å². The first kappa shape index (κ1) is 25.9. The van der Waals surface area contributed by atoms with Gasteiger partial charge in [-0.2, -0.15) is 4.31 Å². The summed E-state index contributed by atoms with van der Waals surface area (Å²) in [5, 5.41) is 0.849. The van der Waals surface area contributed by atoms with Gasteiger partial charge in [0.1, 0.15) is 5.75 Å². The zero-order chi connectivity index (χ0) is 26.9. The molecule has 10 heteroatoms. The Morgan fingerprint density at radius 2 is 1.71 bits per heavy atom. The lowest BCUT2D eigenvalue weighted by Crippen LogP contribution is -2.50. The first-order valence-corrected chi connectivity index (χ1v) is 14.5. The number of methoxy groups -OCH3 is 1. The summed E-state index contributed by atoms with van der Waals surface area (Å²) in [6.45, 7) is 10.4. The largest absolute Gasteiger partial charge is 0.497 e. The number of benzene rings is 2. The molecule has 0 atom stereocenters. The minimum Gasteiger partial charge on any atom is -0.497 e. The number of piperazine rings is 1. The van der Waals surface area contributed by atoms with E-state index in [1.807, 2.05) is 48.5 Å². The molecule has 0 radical (unpaired) electrons. The molecular formula is C28H31N5O4S. The summed E-state index contributed by atoms with van der Waals surface area (Å²) in [5.74, 6) is 0.519. The molecule has 2 aliphatic heterocycles. The van der Waals surface area contributed by atoms with Gasteiger partial charge in [-0.05, 0) is 12.1 Å². The standard InChI is InChI=1S/C28H31N5O4S/c1-29-28(21-7-5-4-6-8-21)11-13-31(14-12-28)26-23-10-9-22(37-2)19-25(23)30-20-24(26)27(34)32-15-17-33(18-16-32)38(3,35)36/h4-10,19-20H,11-18H2,2-3H3. The first-order valence-electron chi connectivity index (χ1n) is 12.7. The van der Waals surface area contributed by atoms with Crippen molar-refractivity contribution in [1.29, 1.82) is 0 Å². The summed E-state index contributed by atoms with van der Waals surface area (Å²) < 4.78 is 30.7. The van der Waals surface area contributed by atoms with E-state index in [1.54, 1.807) is 18.2 Å². The Morgan fingerprint density at radius 3 is 2.32 bits per heavy atom. The van der Waals surface area contributed by atoms with Crippen molar-refractivity contribution in [2.24, 2.45) is 0 Å². The molecular weight excluding hydrogens is 502 g/mol. The molecule has 0 spiro atoms. The van der Waals surface area contributed by atoms with E-state index in [1.165, 1.54) is 10.6 Å². The van der Waals surface area contributed by atoms with Crippen molar-refractivity contribution in [1.82, 2.24) is 14.2 Å². The number of carbonyl (C=O) groups is 1. The lowest BCUT2D eigenvalue weighted by molar-refractivity contribution is 0.0698. The lowest BCUT2D eigenvalue weighted by Gasteiger charge is -2.38. The quantitative estimate of drug-likeness (QED) is 0.468. The molecule has 1 aromatic heterocycles. The fourth-order valence-corrected chi connectivity index (χ4v) is 6.32. The zero-order valence-corrected chi connectivity index (χ0v) is 22.4. The topological polar surface area (TPSA) is 87.4 Å². The SMILES string of the molecule is [C-]#[N+]C1(c2ccccc2)CCN(c2c(C(=O)N3CCN(S(C)(=O)=O)CC3)cnc3cc(OC)ccc23)CC1. The van der Waals surface area contributed by atoms with E-state index in [4.69, 9.17) is 11.3 Å². The number of carbonyl (C=O) groups excluding carboxylic acids is 1. The van der Waals surface area contributed by atoms with Crippen LogP contribution in [0.4, 0.5) is 5.69 Å². The van der Waals surface area contributed by atoms with Gasteiger partial charge in [0.05, 0.1) is 30.1 Å². The maximum absolute atomic E-state index is 13.8. The highest BCUT2D eigenvalue weighted by Crippen LogP contribution is 2.41. The number of ether oxygens (including phenoxy) is 1. The van der Waals surface area contributed by atoms with Crippen molar-refractivity contribution in [3.05, 3.63) is 77.3 Å². The van der Waals surface area contributed by atoms with Crippen molar-refractivity contribution < 1.29 is 17.9 Å². The third kappa shape index (κ3) is 4.79. The maximum atomic E-state index is 13.8. The number of aromatic nitrogens is 1. The molecule has 2 saturated heterocycles. The molecule has 3 heterocycles. The van der Waals surface area contributed by atoms with E-state index in [0.717, 1.165) is 22.2 Å². The second-order valence-electron chi connectivity index (χ2n) is 9.85. The molecule has 1 amide bonds. The third-order valence-corrected chi connectivity index (χ3v) is 9.01. The summed E-state index contributed by atoms with van der Waals surface area (Å²) in [5.41, 5.74) is 2.46. The number of hydrogen-bond acceptors (Lipinski definition) is 6. The van der Waals surface area contributed by atoms with Crippen molar-refractivity contribution in [2.75, 3.05) is 57.5 Å². The number of amides is 1. The van der Waals surface area contributed by atoms with Gasteiger partial charge in [0.2, 0.25) is 10.0 Å². The number of pyridine rings is 1. The second kappa shape index (κ2) is 10.2. The Bertz CT molecular complexity index is 1490. The van der Waals surface area contributed by atoms with Crippen molar-refractivity contribution in [2.45, 2.75) is 18.4 Å². The number of piperidine rings is 1. The van der Waals surface area contributed by atoms with Crippen LogP contribution < -0.4 is 9.64 Å². The summed E-state index contributed by atoms with van der Waals surface area (Å²) >= 11 is 0. The molecule has 198 valence electrons. The Balaban J connectivity index is 1.49. The van der Waals surface area contributed by atoms with Crippen LogP contribution in [0.15, 0.2) is 54.7 Å². The normalized spacial score (nSPS) is 18.2. The summed E-state index contributed by atoms with van der Waals surface area (Å²) in [4.78, 5) is 26.4. The fourth-order valence-electron chi connectivity index (χ4n) is 5.49. The molecule has 5 rings (SSSR count). The van der Waals surface area contributed by atoms with Gasteiger partial charge in [0, 0.05) is 75.3 Å². The van der Waals surface area contributed by atoms with Crippen molar-refractivity contribution in [3.63, 3.8) is 0 Å². The molecule has 9 nitrogen and oxygen atoms in total. The highest BCUT2D eigenvalue weighted by molar-refractivity contribution is 7.88. The van der Waals surface area contributed by atoms with Crippen LogP contribution in [0.3, 0.4) is 0 Å². The van der Waals surface area contributed by atoms with E-state index in [9.17, 15) is 13.2 Å². The number of sulfonamides is 1. The highest BCUT2D eigenvalue weighted by Gasteiger charge is 2.43. The molecule has 2 aliphatic rings. The van der Waals surface area contributed by atoms with Crippen LogP contribution >= 0.6 is 0 Å². The van der Waals surface area contributed by atoms with Crippen LogP contribution in [0.1, 0.15) is 28.8 Å². The fraction of sp³-hybridized carbons (Fsp3) is 0.393. The van der Waals surface area contributed by atoms with Crippen LogP contribution in [-0.4, -0.2) is 81.1 Å². The third-order valence-electron chi connectivity index (χ3n) is 7.71. The minimum absolute atomic E-state index is 0.163. The predicted molar refractivity (Wildman–Crippen MR) is 147 cm³/mol. The number of rotatable bonds is 5. The molecule has 0 bridgehead atoms. The highest BCUT2D eigenvalue weighted by atomic mass is 32.2. The van der Waals surface area contributed by atoms with E-state index >= 15 is 0 Å². The minimum atomic E-state index is -3.30. The molecule has 2 fully saturated rings. The number of hydrogen-bond donors (Lipinski definition) is 0. The molecule has 38 heavy (non-hydrogen) atoms. The summed E-state index contributed by atoms with van der Waals surface area (Å²) in [7, 11) is -1.69. The Labute approximate surface area is 223 Å². The van der Waals surface area contributed by atoms with E-state index in [2.05, 4.69) is 14.7 Å². The van der Waals surface area contributed by atoms with Crippen LogP contribution in [-0.2, 0) is 15.6 Å². The Kier molecular flexibility index (Phi) is 6.99. The summed E-state index contributed by atoms with van der Waals surface area (Å²) in [6.07, 6.45) is 4.09. The molecule has 3 aromatic rings. The molecule has 2 aromatic carbocycles. The molecule has 0 unspecified atom stereocenters. The lowest BCUT2D eigenvalue weighted by atomic mass is 9.81. The van der Waals surface area contributed by atoms with Gasteiger partial charge in [-0.15, -0.1) is 0 Å². The van der Waals surface area contributed by atoms with Crippen LogP contribution in [0, 0.1) is 6.57 Å². The molecule has 0 saturated carbocycles. The number of nitrogens with zero attached hydrogens (tertiary/aromatic N) is 5. The van der Waals surface area contributed by atoms with Gasteiger partial charge >= 0.3 is 0 Å².